The van der Waals surface area contributed by atoms with Crippen LogP contribution in [0.5, 0.6) is 5.75 Å². The number of hydrogen-bond acceptors (Lipinski definition) is 4. The van der Waals surface area contributed by atoms with Crippen molar-refractivity contribution in [1.29, 1.82) is 0 Å². The summed E-state index contributed by atoms with van der Waals surface area (Å²) in [6, 6.07) is 4.03. The second-order valence-corrected chi connectivity index (χ2v) is 4.72. The lowest BCUT2D eigenvalue weighted by molar-refractivity contribution is 0.146. The largest absolute Gasteiger partial charge is 0.491 e. The third-order valence-corrected chi connectivity index (χ3v) is 3.33. The van der Waals surface area contributed by atoms with E-state index in [1.165, 1.54) is 0 Å². The summed E-state index contributed by atoms with van der Waals surface area (Å²) in [6.07, 6.45) is 2.61. The average molecular weight is 311 g/mol. The van der Waals surface area contributed by atoms with Crippen LogP contribution in [0.2, 0.25) is 0 Å². The van der Waals surface area contributed by atoms with Crippen LogP contribution in [-0.2, 0) is 11.2 Å². The minimum atomic E-state index is 0.538. The Balaban J connectivity index is 2.39. The fourth-order valence-electron chi connectivity index (χ4n) is 1.74. The predicted octanol–water partition coefficient (Wildman–Crippen LogP) is 2.98. The molecule has 0 aliphatic heterocycles. The highest BCUT2D eigenvalue weighted by Gasteiger charge is 2.08. The van der Waals surface area contributed by atoms with E-state index in [1.807, 2.05) is 6.07 Å². The van der Waals surface area contributed by atoms with E-state index in [0.29, 0.717) is 13.2 Å². The number of aryl methyl sites for hydroxylation is 1. The van der Waals surface area contributed by atoms with Crippen LogP contribution in [0.15, 0.2) is 22.8 Å². The number of benzene rings is 1. The van der Waals surface area contributed by atoms with E-state index < -0.39 is 0 Å². The van der Waals surface area contributed by atoms with Crippen molar-refractivity contribution in [3.05, 3.63) is 28.4 Å². The summed E-state index contributed by atoms with van der Waals surface area (Å²) < 4.78 is 11.6. The highest BCUT2D eigenvalue weighted by atomic mass is 79.9. The zero-order valence-electron chi connectivity index (χ0n) is 10.4. The van der Waals surface area contributed by atoms with E-state index >= 15 is 0 Å². The van der Waals surface area contributed by atoms with Crippen molar-refractivity contribution in [2.24, 2.45) is 0 Å². The molecule has 0 unspecified atom stereocenters. The molecule has 4 nitrogen and oxygen atoms in total. The zero-order valence-corrected chi connectivity index (χ0v) is 12.0. The summed E-state index contributed by atoms with van der Waals surface area (Å²) in [7, 11) is 1.66. The van der Waals surface area contributed by atoms with Crippen LogP contribution in [0.25, 0.3) is 10.9 Å². The van der Waals surface area contributed by atoms with E-state index in [0.717, 1.165) is 33.1 Å². The molecular weight excluding hydrogens is 296 g/mol. The third-order valence-electron chi connectivity index (χ3n) is 2.70. The normalized spacial score (nSPS) is 10.8. The Labute approximate surface area is 114 Å². The van der Waals surface area contributed by atoms with Gasteiger partial charge in [-0.2, -0.15) is 10.2 Å². The van der Waals surface area contributed by atoms with Crippen LogP contribution >= 0.6 is 15.9 Å². The van der Waals surface area contributed by atoms with E-state index in [9.17, 15) is 0 Å². The van der Waals surface area contributed by atoms with Crippen molar-refractivity contribution in [2.45, 2.75) is 13.3 Å². The van der Waals surface area contributed by atoms with Crippen LogP contribution < -0.4 is 4.74 Å². The second-order valence-electron chi connectivity index (χ2n) is 3.86. The number of nitrogens with zero attached hydrogens (tertiary/aromatic N) is 2. The van der Waals surface area contributed by atoms with Gasteiger partial charge in [0.15, 0.2) is 0 Å². The topological polar surface area (TPSA) is 44.2 Å². The molecule has 2 aromatic rings. The summed E-state index contributed by atoms with van der Waals surface area (Å²) in [5.41, 5.74) is 1.99. The van der Waals surface area contributed by atoms with Gasteiger partial charge in [0, 0.05) is 23.0 Å². The SMILES string of the molecule is CCc1cc2c(Br)cnnc2cc1OCCOC. The molecule has 0 radical (unpaired) electrons. The molecule has 0 fully saturated rings. The maximum atomic E-state index is 5.71. The molecule has 18 heavy (non-hydrogen) atoms. The van der Waals surface area contributed by atoms with Crippen molar-refractivity contribution in [2.75, 3.05) is 20.3 Å². The molecule has 2 rings (SSSR count). The minimum Gasteiger partial charge on any atom is -0.491 e. The summed E-state index contributed by atoms with van der Waals surface area (Å²) in [6.45, 7) is 3.22. The van der Waals surface area contributed by atoms with Gasteiger partial charge in [0.25, 0.3) is 0 Å². The Morgan fingerprint density at radius 2 is 2.11 bits per heavy atom. The average Bonchev–Trinajstić information content (AvgIpc) is 2.39. The molecule has 0 bridgehead atoms. The number of halogens is 1. The molecule has 0 amide bonds. The first kappa shape index (κ1) is 13.2. The highest BCUT2D eigenvalue weighted by molar-refractivity contribution is 9.10. The molecule has 0 N–H and O–H groups in total. The smallest absolute Gasteiger partial charge is 0.124 e. The maximum absolute atomic E-state index is 5.71. The Bertz CT molecular complexity index is 546. The molecule has 0 saturated heterocycles. The summed E-state index contributed by atoms with van der Waals surface area (Å²) >= 11 is 3.49. The van der Waals surface area contributed by atoms with Gasteiger partial charge in [0.2, 0.25) is 0 Å². The first-order valence-electron chi connectivity index (χ1n) is 5.81. The fraction of sp³-hybridized carbons (Fsp3) is 0.385. The summed E-state index contributed by atoms with van der Waals surface area (Å²) in [5, 5.41) is 9.10. The van der Waals surface area contributed by atoms with Gasteiger partial charge in [0.1, 0.15) is 12.4 Å². The van der Waals surface area contributed by atoms with Gasteiger partial charge < -0.3 is 9.47 Å². The second kappa shape index (κ2) is 6.11. The van der Waals surface area contributed by atoms with Gasteiger partial charge in [-0.15, -0.1) is 0 Å². The zero-order chi connectivity index (χ0) is 13.0. The monoisotopic (exact) mass is 310 g/mol. The number of fused-ring (bicyclic) bond motifs is 1. The molecule has 0 saturated carbocycles. The minimum absolute atomic E-state index is 0.538. The number of methoxy groups -OCH3 is 1. The van der Waals surface area contributed by atoms with E-state index in [-0.39, 0.29) is 0 Å². The van der Waals surface area contributed by atoms with Crippen molar-refractivity contribution >= 4 is 26.8 Å². The van der Waals surface area contributed by atoms with Gasteiger partial charge in [-0.3, -0.25) is 0 Å². The fourth-order valence-corrected chi connectivity index (χ4v) is 2.15. The number of aromatic nitrogens is 2. The van der Waals surface area contributed by atoms with Gasteiger partial charge in [-0.1, -0.05) is 6.92 Å². The van der Waals surface area contributed by atoms with E-state index in [1.54, 1.807) is 13.3 Å². The number of ether oxygens (including phenoxy) is 2. The molecule has 1 heterocycles. The Morgan fingerprint density at radius 1 is 1.28 bits per heavy atom. The number of hydrogen-bond donors (Lipinski definition) is 0. The quantitative estimate of drug-likeness (QED) is 0.796. The third kappa shape index (κ3) is 2.79. The molecule has 1 aromatic heterocycles. The molecule has 96 valence electrons. The molecule has 0 aliphatic carbocycles. The molecule has 0 spiro atoms. The van der Waals surface area contributed by atoms with E-state index in [4.69, 9.17) is 9.47 Å². The standard InChI is InChI=1S/C13H15BrN2O2/c1-3-9-6-10-11(14)8-15-16-12(10)7-13(9)18-5-4-17-2/h6-8H,3-5H2,1-2H3. The summed E-state index contributed by atoms with van der Waals surface area (Å²) in [4.78, 5) is 0. The summed E-state index contributed by atoms with van der Waals surface area (Å²) in [5.74, 6) is 0.856. The lowest BCUT2D eigenvalue weighted by atomic mass is 10.1. The van der Waals surface area contributed by atoms with Crippen LogP contribution in [0.3, 0.4) is 0 Å². The number of rotatable bonds is 5. The van der Waals surface area contributed by atoms with Gasteiger partial charge in [-0.05, 0) is 34.0 Å². The van der Waals surface area contributed by atoms with Crippen LogP contribution in [0, 0.1) is 0 Å². The molecule has 5 heteroatoms. The van der Waals surface area contributed by atoms with Gasteiger partial charge >= 0.3 is 0 Å². The highest BCUT2D eigenvalue weighted by Crippen LogP contribution is 2.29. The van der Waals surface area contributed by atoms with Crippen LogP contribution in [0.4, 0.5) is 0 Å². The first-order chi connectivity index (χ1) is 8.76. The molecule has 0 aliphatic rings. The van der Waals surface area contributed by atoms with Crippen molar-refractivity contribution < 1.29 is 9.47 Å². The van der Waals surface area contributed by atoms with Gasteiger partial charge in [-0.25, -0.2) is 0 Å². The Morgan fingerprint density at radius 3 is 2.83 bits per heavy atom. The van der Waals surface area contributed by atoms with Crippen molar-refractivity contribution in [1.82, 2.24) is 10.2 Å². The molecular formula is C13H15BrN2O2. The Kier molecular flexibility index (Phi) is 4.49. The van der Waals surface area contributed by atoms with Gasteiger partial charge in [0.05, 0.1) is 18.3 Å². The van der Waals surface area contributed by atoms with Crippen molar-refractivity contribution in [3.8, 4) is 5.75 Å². The first-order valence-corrected chi connectivity index (χ1v) is 6.61. The maximum Gasteiger partial charge on any atom is 0.124 e. The lowest BCUT2D eigenvalue weighted by Gasteiger charge is -2.11. The predicted molar refractivity (Wildman–Crippen MR) is 74.0 cm³/mol. The Hall–Kier alpha value is -1.20. The molecule has 0 atom stereocenters. The van der Waals surface area contributed by atoms with Crippen LogP contribution in [-0.4, -0.2) is 30.5 Å². The van der Waals surface area contributed by atoms with Crippen molar-refractivity contribution in [3.63, 3.8) is 0 Å². The van der Waals surface area contributed by atoms with E-state index in [2.05, 4.69) is 39.1 Å². The van der Waals surface area contributed by atoms with Crippen LogP contribution in [0.1, 0.15) is 12.5 Å². The lowest BCUT2D eigenvalue weighted by Crippen LogP contribution is -2.06. The molecule has 1 aromatic carbocycles.